The normalized spacial score (nSPS) is 17.0. The second kappa shape index (κ2) is 8.89. The summed E-state index contributed by atoms with van der Waals surface area (Å²) in [5, 5.41) is 12.1. The van der Waals surface area contributed by atoms with E-state index in [2.05, 4.69) is 20.5 Å². The predicted molar refractivity (Wildman–Crippen MR) is 115 cm³/mol. The Hall–Kier alpha value is -2.84. The van der Waals surface area contributed by atoms with E-state index in [0.29, 0.717) is 30.2 Å². The molecule has 1 aliphatic heterocycles. The first-order valence-electron chi connectivity index (χ1n) is 9.92. The monoisotopic (exact) mass is 424 g/mol. The van der Waals surface area contributed by atoms with Crippen LogP contribution in [-0.4, -0.2) is 40.4 Å². The average Bonchev–Trinajstić information content (AvgIpc) is 3.40. The number of carbonyl (C=O) groups is 1. The fraction of sp³-hybridized carbons (Fsp3) is 0.364. The lowest BCUT2D eigenvalue weighted by molar-refractivity contribution is 0.0928. The van der Waals surface area contributed by atoms with Crippen molar-refractivity contribution in [3.8, 4) is 16.3 Å². The third kappa shape index (κ3) is 4.49. The minimum Gasteiger partial charge on any atom is -0.486 e. The Bertz CT molecular complexity index is 1030. The third-order valence-electron chi connectivity index (χ3n) is 4.89. The van der Waals surface area contributed by atoms with Gasteiger partial charge in [-0.25, -0.2) is 4.98 Å². The molecule has 0 spiro atoms. The van der Waals surface area contributed by atoms with Crippen LogP contribution in [0.3, 0.4) is 0 Å². The van der Waals surface area contributed by atoms with Gasteiger partial charge in [-0.2, -0.15) is 10.2 Å². The van der Waals surface area contributed by atoms with E-state index in [1.165, 1.54) is 0 Å². The van der Waals surface area contributed by atoms with E-state index in [0.717, 1.165) is 27.6 Å². The van der Waals surface area contributed by atoms with E-state index in [4.69, 9.17) is 9.47 Å². The minimum atomic E-state index is -0.293. The van der Waals surface area contributed by atoms with Gasteiger partial charge in [0.2, 0.25) is 0 Å². The Morgan fingerprint density at radius 3 is 2.80 bits per heavy atom. The number of carbonyl (C=O) groups excluding carboxylic acids is 1. The number of benzene rings is 1. The van der Waals surface area contributed by atoms with Crippen LogP contribution < -0.4 is 10.1 Å². The van der Waals surface area contributed by atoms with Crippen LogP contribution in [0.4, 0.5) is 0 Å². The molecule has 1 aliphatic rings. The maximum Gasteiger partial charge on any atom is 0.255 e. The van der Waals surface area contributed by atoms with Crippen LogP contribution in [0.25, 0.3) is 10.6 Å². The van der Waals surface area contributed by atoms with Crippen LogP contribution in [0.15, 0.2) is 36.5 Å². The molecule has 30 heavy (non-hydrogen) atoms. The molecule has 0 saturated carbocycles. The number of nitrogens with zero attached hydrogens (tertiary/aromatic N) is 3. The average molecular weight is 425 g/mol. The highest BCUT2D eigenvalue weighted by molar-refractivity contribution is 7.15. The molecule has 156 valence electrons. The number of para-hydroxylation sites is 1. The summed E-state index contributed by atoms with van der Waals surface area (Å²) >= 11 is 1.57. The third-order valence-corrected chi connectivity index (χ3v) is 5.84. The minimum absolute atomic E-state index is 0.0841. The van der Waals surface area contributed by atoms with Crippen molar-refractivity contribution in [3.63, 3.8) is 0 Å². The molecule has 0 unspecified atom stereocenters. The first-order valence-corrected chi connectivity index (χ1v) is 10.7. The molecule has 8 heteroatoms. The molecule has 7 nitrogen and oxygen atoms in total. The van der Waals surface area contributed by atoms with E-state index >= 15 is 0 Å². The van der Waals surface area contributed by atoms with Crippen LogP contribution in [0.5, 0.6) is 5.75 Å². The highest BCUT2D eigenvalue weighted by Gasteiger charge is 2.25. The quantitative estimate of drug-likeness (QED) is 0.646. The fourth-order valence-electron chi connectivity index (χ4n) is 3.25. The molecular formula is C22H24N4O3S. The van der Waals surface area contributed by atoms with Gasteiger partial charge in [0.25, 0.3) is 5.91 Å². The summed E-state index contributed by atoms with van der Waals surface area (Å²) in [5.41, 5.74) is 2.82. The predicted octanol–water partition coefficient (Wildman–Crippen LogP) is 3.88. The Labute approximate surface area is 179 Å². The van der Waals surface area contributed by atoms with Crippen molar-refractivity contribution in [3.05, 3.63) is 58.4 Å². The van der Waals surface area contributed by atoms with E-state index < -0.39 is 0 Å². The Balaban J connectivity index is 1.65. The van der Waals surface area contributed by atoms with Gasteiger partial charge in [-0.05, 0) is 45.0 Å². The van der Waals surface area contributed by atoms with Crippen LogP contribution in [0, 0.1) is 13.8 Å². The lowest BCUT2D eigenvalue weighted by atomic mass is 10.1. The van der Waals surface area contributed by atoms with Crippen LogP contribution in [0.1, 0.15) is 46.0 Å². The second-order valence-corrected chi connectivity index (χ2v) is 8.59. The second-order valence-electron chi connectivity index (χ2n) is 7.36. The molecule has 1 aromatic carbocycles. The van der Waals surface area contributed by atoms with Crippen molar-refractivity contribution in [2.24, 2.45) is 0 Å². The SMILES string of the molecule is Cc1ccc([C@@H](C)NC(=O)c2cccc(-c3ncc(C)s3)c2O[C@@H]2CCOC2)nn1. The lowest BCUT2D eigenvalue weighted by Gasteiger charge is -2.19. The Morgan fingerprint density at radius 1 is 1.27 bits per heavy atom. The molecule has 1 fully saturated rings. The lowest BCUT2D eigenvalue weighted by Crippen LogP contribution is -2.28. The molecule has 1 amide bonds. The standard InChI is InChI=1S/C22H24N4O3S/c1-13-7-8-19(26-25-13)15(3)24-21(27)17-5-4-6-18(22-23-11-14(2)30-22)20(17)29-16-9-10-28-12-16/h4-8,11,15-16H,9-10,12H2,1-3H3,(H,24,27)/t15-,16-/m1/s1. The Morgan fingerprint density at radius 2 is 2.13 bits per heavy atom. The number of hydrogen-bond acceptors (Lipinski definition) is 7. The van der Waals surface area contributed by atoms with E-state index in [1.807, 2.05) is 51.2 Å². The van der Waals surface area contributed by atoms with Crippen LogP contribution in [-0.2, 0) is 4.74 Å². The van der Waals surface area contributed by atoms with Crippen molar-refractivity contribution in [2.75, 3.05) is 13.2 Å². The summed E-state index contributed by atoms with van der Waals surface area (Å²) in [7, 11) is 0. The van der Waals surface area contributed by atoms with Gasteiger partial charge in [0, 0.05) is 17.5 Å². The summed E-state index contributed by atoms with van der Waals surface area (Å²) in [6.07, 6.45) is 2.54. The molecule has 2 aromatic heterocycles. The molecule has 3 aromatic rings. The van der Waals surface area contributed by atoms with Crippen molar-refractivity contribution in [1.29, 1.82) is 0 Å². The van der Waals surface area contributed by atoms with Crippen molar-refractivity contribution >= 4 is 17.2 Å². The Kier molecular flexibility index (Phi) is 6.06. The molecule has 4 rings (SSSR count). The van der Waals surface area contributed by atoms with Crippen LogP contribution >= 0.6 is 11.3 Å². The molecule has 0 bridgehead atoms. The van der Waals surface area contributed by atoms with Gasteiger partial charge >= 0.3 is 0 Å². The first kappa shape index (κ1) is 20.4. The zero-order valence-electron chi connectivity index (χ0n) is 17.2. The summed E-state index contributed by atoms with van der Waals surface area (Å²) in [5.74, 6) is 0.316. The van der Waals surface area contributed by atoms with Gasteiger partial charge in [0.15, 0.2) is 0 Å². The first-order chi connectivity index (χ1) is 14.5. The number of thiazole rings is 1. The molecule has 3 heterocycles. The van der Waals surface area contributed by atoms with Gasteiger partial charge in [-0.3, -0.25) is 4.79 Å². The van der Waals surface area contributed by atoms with Crippen LogP contribution in [0.2, 0.25) is 0 Å². The van der Waals surface area contributed by atoms with E-state index in [-0.39, 0.29) is 18.1 Å². The van der Waals surface area contributed by atoms with Gasteiger partial charge in [0.05, 0.1) is 41.8 Å². The zero-order chi connectivity index (χ0) is 21.1. The number of ether oxygens (including phenoxy) is 2. The largest absolute Gasteiger partial charge is 0.486 e. The number of amides is 1. The van der Waals surface area contributed by atoms with E-state index in [1.54, 1.807) is 17.4 Å². The molecular weight excluding hydrogens is 400 g/mol. The fourth-order valence-corrected chi connectivity index (χ4v) is 4.04. The number of aromatic nitrogens is 3. The molecule has 2 atom stereocenters. The molecule has 1 saturated heterocycles. The van der Waals surface area contributed by atoms with Gasteiger partial charge < -0.3 is 14.8 Å². The maximum absolute atomic E-state index is 13.2. The topological polar surface area (TPSA) is 86.2 Å². The van der Waals surface area contributed by atoms with Gasteiger partial charge in [-0.1, -0.05) is 6.07 Å². The summed E-state index contributed by atoms with van der Waals surface area (Å²) < 4.78 is 11.7. The zero-order valence-corrected chi connectivity index (χ0v) is 18.0. The summed E-state index contributed by atoms with van der Waals surface area (Å²) in [6, 6.07) is 9.03. The highest BCUT2D eigenvalue weighted by atomic mass is 32.1. The molecule has 0 radical (unpaired) electrons. The summed E-state index contributed by atoms with van der Waals surface area (Å²) in [6.45, 7) is 6.95. The van der Waals surface area contributed by atoms with Gasteiger partial charge in [0.1, 0.15) is 16.9 Å². The number of aryl methyl sites for hydroxylation is 2. The van der Waals surface area contributed by atoms with Crippen molar-refractivity contribution in [1.82, 2.24) is 20.5 Å². The number of hydrogen-bond donors (Lipinski definition) is 1. The highest BCUT2D eigenvalue weighted by Crippen LogP contribution is 2.37. The number of nitrogens with one attached hydrogen (secondary N) is 1. The number of rotatable bonds is 6. The van der Waals surface area contributed by atoms with Gasteiger partial charge in [-0.15, -0.1) is 11.3 Å². The smallest absolute Gasteiger partial charge is 0.255 e. The molecule has 1 N–H and O–H groups in total. The summed E-state index contributed by atoms with van der Waals surface area (Å²) in [4.78, 5) is 18.8. The van der Waals surface area contributed by atoms with Crippen molar-refractivity contribution < 1.29 is 14.3 Å². The van der Waals surface area contributed by atoms with E-state index in [9.17, 15) is 4.79 Å². The van der Waals surface area contributed by atoms with Crippen molar-refractivity contribution in [2.45, 2.75) is 39.3 Å². The maximum atomic E-state index is 13.2. The molecule has 0 aliphatic carbocycles.